The second kappa shape index (κ2) is 3.50. The van der Waals surface area contributed by atoms with Gasteiger partial charge in [-0.3, -0.25) is 0 Å². The summed E-state index contributed by atoms with van der Waals surface area (Å²) in [5.41, 5.74) is 2.26. The third kappa shape index (κ3) is 5.31. The molecule has 0 amide bonds. The zero-order chi connectivity index (χ0) is 4.28. The first kappa shape index (κ1) is 6.31. The van der Waals surface area contributed by atoms with Crippen LogP contribution in [0.3, 0.4) is 0 Å². The Labute approximate surface area is 46.4 Å². The SMILES string of the molecule is BI(C)P=S. The zero-order valence-corrected chi connectivity index (χ0v) is 7.10. The maximum atomic E-state index is 4.72. The minimum atomic E-state index is -0.495. The molecule has 0 spiro atoms. The van der Waals surface area contributed by atoms with Gasteiger partial charge in [-0.25, -0.2) is 0 Å². The quantitative estimate of drug-likeness (QED) is 0.273. The van der Waals surface area contributed by atoms with Crippen LogP contribution in [0.1, 0.15) is 0 Å². The van der Waals surface area contributed by atoms with Crippen molar-refractivity contribution < 1.29 is 0 Å². The second-order valence-corrected chi connectivity index (χ2v) is 13.5. The standard InChI is InChI=1S/CH5BIPS/c1-3(2)4-5/h2H2,1H3. The first-order chi connectivity index (χ1) is 2.27. The predicted molar refractivity (Wildman–Crippen MR) is 42.8 cm³/mol. The Morgan fingerprint density at radius 2 is 2.20 bits per heavy atom. The van der Waals surface area contributed by atoms with E-state index in [1.54, 1.807) is 0 Å². The average Bonchev–Trinajstić information content (AvgIpc) is 1.38. The van der Waals surface area contributed by atoms with Gasteiger partial charge in [-0.15, -0.1) is 0 Å². The van der Waals surface area contributed by atoms with Crippen molar-refractivity contribution in [2.75, 3.05) is 4.93 Å². The molecule has 0 atom stereocenters. The van der Waals surface area contributed by atoms with Crippen molar-refractivity contribution in [1.29, 1.82) is 0 Å². The van der Waals surface area contributed by atoms with E-state index in [9.17, 15) is 0 Å². The van der Waals surface area contributed by atoms with Gasteiger partial charge in [-0.1, -0.05) is 0 Å². The molecule has 30 valence electrons. The molecule has 0 aliphatic carbocycles. The molecule has 4 heteroatoms. The Kier molecular flexibility index (Phi) is 4.42. The van der Waals surface area contributed by atoms with E-state index in [0.717, 1.165) is 0 Å². The van der Waals surface area contributed by atoms with Crippen LogP contribution in [0.2, 0.25) is 0 Å². The third-order valence-electron chi connectivity index (χ3n) is 0.138. The number of alkyl halides is 1. The summed E-state index contributed by atoms with van der Waals surface area (Å²) in [4.78, 5) is 3.50. The van der Waals surface area contributed by atoms with Crippen molar-refractivity contribution in [3.8, 4) is 0 Å². The van der Waals surface area contributed by atoms with Crippen molar-refractivity contribution in [3.63, 3.8) is 0 Å². The Hall–Kier alpha value is 1.31. The first-order valence-corrected chi connectivity index (χ1v) is 10.1. The van der Waals surface area contributed by atoms with Gasteiger partial charge < -0.3 is 0 Å². The van der Waals surface area contributed by atoms with E-state index in [2.05, 4.69) is 10.6 Å². The van der Waals surface area contributed by atoms with Crippen LogP contribution in [0.5, 0.6) is 0 Å². The van der Waals surface area contributed by atoms with Crippen LogP contribution in [0.15, 0.2) is 0 Å². The van der Waals surface area contributed by atoms with Crippen LogP contribution in [0.25, 0.3) is 0 Å². The molecule has 0 aromatic carbocycles. The summed E-state index contributed by atoms with van der Waals surface area (Å²) in [7, 11) is 0. The molecule has 0 rings (SSSR count). The molecule has 0 saturated carbocycles. The van der Waals surface area contributed by atoms with Crippen molar-refractivity contribution >= 4 is 41.6 Å². The molecule has 0 aromatic heterocycles. The van der Waals surface area contributed by atoms with Crippen LogP contribution in [-0.4, -0.2) is 10.6 Å². The van der Waals surface area contributed by atoms with E-state index in [4.69, 9.17) is 11.8 Å². The summed E-state index contributed by atoms with van der Waals surface area (Å²) in [6.07, 6.45) is 0. The monoisotopic (exact) mass is 218 g/mol. The van der Waals surface area contributed by atoms with E-state index in [1.807, 2.05) is 0 Å². The molecule has 0 aliphatic rings. The summed E-state index contributed by atoms with van der Waals surface area (Å²) < 4.78 is 0. The van der Waals surface area contributed by atoms with E-state index in [0.29, 0.717) is 0 Å². The van der Waals surface area contributed by atoms with Gasteiger partial charge in [0.25, 0.3) is 0 Å². The van der Waals surface area contributed by atoms with Crippen LogP contribution in [-0.2, 0) is 11.8 Å². The molecule has 0 unspecified atom stereocenters. The third-order valence-corrected chi connectivity index (χ3v) is 8.33. The van der Waals surface area contributed by atoms with Gasteiger partial charge in [-0.05, 0) is 0 Å². The van der Waals surface area contributed by atoms with Gasteiger partial charge in [0, 0.05) is 0 Å². The molecule has 0 saturated heterocycles. The summed E-state index contributed by atoms with van der Waals surface area (Å²) in [5, 5.41) is 0. The molecule has 0 aromatic rings. The van der Waals surface area contributed by atoms with Gasteiger partial charge in [0.15, 0.2) is 0 Å². The molecule has 0 aliphatic heterocycles. The molecular formula is CH5BIPS. The summed E-state index contributed by atoms with van der Waals surface area (Å²) in [6, 6.07) is 0. The van der Waals surface area contributed by atoms with E-state index in [-0.39, 0.29) is 0 Å². The van der Waals surface area contributed by atoms with Crippen molar-refractivity contribution in [2.24, 2.45) is 0 Å². The second-order valence-electron chi connectivity index (χ2n) is 0.785. The van der Waals surface area contributed by atoms with Crippen molar-refractivity contribution in [3.05, 3.63) is 0 Å². The van der Waals surface area contributed by atoms with Crippen LogP contribution in [0, 0.1) is 0 Å². The Bertz CT molecular complexity index is 38.6. The molecule has 0 heterocycles. The molecule has 0 nitrogen and oxygen atoms in total. The van der Waals surface area contributed by atoms with Crippen LogP contribution >= 0.6 is 24.1 Å². The van der Waals surface area contributed by atoms with Crippen molar-refractivity contribution in [1.82, 2.24) is 0 Å². The number of hydrogen-bond acceptors (Lipinski definition) is 1. The first-order valence-electron chi connectivity index (χ1n) is 1.11. The number of halogens is 1. The van der Waals surface area contributed by atoms with E-state index in [1.165, 1.54) is 5.00 Å². The zero-order valence-electron chi connectivity index (χ0n) is 3.23. The summed E-state index contributed by atoms with van der Waals surface area (Å²) in [6.45, 7) is 0. The molecule has 0 bridgehead atoms. The molecule has 0 fully saturated rings. The average molecular weight is 218 g/mol. The van der Waals surface area contributed by atoms with Gasteiger partial charge in [0.05, 0.1) is 0 Å². The molecule has 0 N–H and O–H groups in total. The van der Waals surface area contributed by atoms with Gasteiger partial charge >= 0.3 is 46.5 Å². The Balaban J connectivity index is 2.83. The Morgan fingerprint density at radius 1 is 2.00 bits per heavy atom. The van der Waals surface area contributed by atoms with Crippen molar-refractivity contribution in [2.45, 2.75) is 0 Å². The predicted octanol–water partition coefficient (Wildman–Crippen LogP) is 0.994. The number of hydrogen-bond donors (Lipinski definition) is 0. The normalized spacial score (nSPS) is 11.8. The fraction of sp³-hybridized carbons (Fsp3) is 1.00. The minimum absolute atomic E-state index is 0.495. The van der Waals surface area contributed by atoms with Gasteiger partial charge in [-0.2, -0.15) is 0 Å². The van der Waals surface area contributed by atoms with Crippen LogP contribution < -0.4 is 0 Å². The molecular weight excluding hydrogens is 213 g/mol. The van der Waals surface area contributed by atoms with Crippen LogP contribution in [0.4, 0.5) is 0 Å². The Morgan fingerprint density at radius 3 is 2.20 bits per heavy atom. The fourth-order valence-electron chi connectivity index (χ4n) is 0. The summed E-state index contributed by atoms with van der Waals surface area (Å²) >= 11 is 4.22. The van der Waals surface area contributed by atoms with Gasteiger partial charge in [0.1, 0.15) is 0 Å². The topological polar surface area (TPSA) is 0 Å². The molecule has 0 radical (unpaired) electrons. The maximum absolute atomic E-state index is 4.72. The van der Waals surface area contributed by atoms with E-state index < -0.39 is 19.1 Å². The van der Waals surface area contributed by atoms with E-state index >= 15 is 0 Å². The summed E-state index contributed by atoms with van der Waals surface area (Å²) in [5.74, 6) is 0. The number of rotatable bonds is 1. The molecule has 5 heavy (non-hydrogen) atoms. The fourth-order valence-corrected chi connectivity index (χ4v) is 0. The van der Waals surface area contributed by atoms with Gasteiger partial charge in [0.2, 0.25) is 0 Å².